The van der Waals surface area contributed by atoms with Crippen LogP contribution in [0.25, 0.3) is 11.2 Å². The maximum Gasteiger partial charge on any atom is 0.243 e. The number of hydrogen-bond donors (Lipinski definition) is 4. The van der Waals surface area contributed by atoms with Gasteiger partial charge in [-0.3, -0.25) is 10.0 Å². The molecular formula is C25H36ClN7O3. The molecule has 1 aromatic carbocycles. The average molecular weight is 518 g/mol. The van der Waals surface area contributed by atoms with Gasteiger partial charge in [0.2, 0.25) is 11.9 Å². The third-order valence-electron chi connectivity index (χ3n) is 6.31. The van der Waals surface area contributed by atoms with Crippen LogP contribution in [0.5, 0.6) is 5.75 Å². The molecular weight excluding hydrogens is 482 g/mol. The fraction of sp³-hybridized carbons (Fsp3) is 0.520. The Morgan fingerprint density at radius 1 is 1.08 bits per heavy atom. The van der Waals surface area contributed by atoms with Crippen LogP contribution in [0.2, 0.25) is 0 Å². The topological polar surface area (TPSA) is 126 Å². The molecule has 1 aliphatic rings. The van der Waals surface area contributed by atoms with E-state index in [1.54, 1.807) is 11.8 Å². The Hall–Kier alpha value is -3.11. The molecule has 0 spiro atoms. The maximum absolute atomic E-state index is 11.0. The number of halogens is 1. The molecule has 0 radical (unpaired) electrons. The van der Waals surface area contributed by atoms with Gasteiger partial charge in [0, 0.05) is 25.2 Å². The Morgan fingerprint density at radius 3 is 2.58 bits per heavy atom. The minimum atomic E-state index is -0.336. The van der Waals surface area contributed by atoms with Gasteiger partial charge in [-0.15, -0.1) is 12.4 Å². The molecule has 0 unspecified atom stereocenters. The monoisotopic (exact) mass is 517 g/mol. The number of amides is 1. The standard InChI is InChI=1S/C25H35N7O3.ClH/c1-32-17-26-22-23(27-18-9-5-4-6-10-18)29-25(30-24(22)32)28-19-12-14-20(15-13-19)35-16-8-3-2-7-11-21(33)31-34;/h12-15,17-18,34H,2-11,16H2,1H3,(H,31,33)(H2,27,28,29,30);1H. The summed E-state index contributed by atoms with van der Waals surface area (Å²) in [6.07, 6.45) is 11.8. The number of ether oxygens (including phenoxy) is 1. The predicted octanol–water partition coefficient (Wildman–Crippen LogP) is 5.11. The third-order valence-corrected chi connectivity index (χ3v) is 6.31. The number of benzene rings is 1. The van der Waals surface area contributed by atoms with Crippen molar-refractivity contribution in [3.05, 3.63) is 30.6 Å². The Bertz CT molecular complexity index is 1100. The average Bonchev–Trinajstić information content (AvgIpc) is 3.25. The highest BCUT2D eigenvalue weighted by Gasteiger charge is 2.18. The third kappa shape index (κ3) is 7.69. The fourth-order valence-electron chi connectivity index (χ4n) is 4.35. The van der Waals surface area contributed by atoms with E-state index in [0.29, 0.717) is 25.0 Å². The van der Waals surface area contributed by atoms with Crippen LogP contribution in [0, 0.1) is 0 Å². The van der Waals surface area contributed by atoms with Gasteiger partial charge in [-0.05, 0) is 49.9 Å². The molecule has 1 amide bonds. The molecule has 3 aromatic rings. The van der Waals surface area contributed by atoms with Gasteiger partial charge in [0.05, 0.1) is 12.9 Å². The van der Waals surface area contributed by atoms with Crippen LogP contribution in [0.3, 0.4) is 0 Å². The summed E-state index contributed by atoms with van der Waals surface area (Å²) in [4.78, 5) is 24.9. The summed E-state index contributed by atoms with van der Waals surface area (Å²) in [7, 11) is 1.94. The zero-order valence-electron chi connectivity index (χ0n) is 20.7. The Balaban J connectivity index is 0.00000361. The van der Waals surface area contributed by atoms with Crippen LogP contribution in [-0.2, 0) is 11.8 Å². The molecule has 1 aliphatic carbocycles. The van der Waals surface area contributed by atoms with E-state index in [4.69, 9.17) is 14.9 Å². The minimum Gasteiger partial charge on any atom is -0.494 e. The van der Waals surface area contributed by atoms with E-state index < -0.39 is 0 Å². The van der Waals surface area contributed by atoms with Crippen LogP contribution in [0.1, 0.15) is 64.2 Å². The summed E-state index contributed by atoms with van der Waals surface area (Å²) in [5.41, 5.74) is 4.12. The van der Waals surface area contributed by atoms with E-state index in [1.165, 1.54) is 19.3 Å². The largest absolute Gasteiger partial charge is 0.494 e. The number of nitrogens with zero attached hydrogens (tertiary/aromatic N) is 4. The molecule has 196 valence electrons. The van der Waals surface area contributed by atoms with Crippen LogP contribution < -0.4 is 20.9 Å². The summed E-state index contributed by atoms with van der Waals surface area (Å²) in [6, 6.07) is 8.19. The molecule has 2 heterocycles. The molecule has 0 saturated heterocycles. The molecule has 2 aromatic heterocycles. The van der Waals surface area contributed by atoms with E-state index >= 15 is 0 Å². The molecule has 1 fully saturated rings. The van der Waals surface area contributed by atoms with Crippen molar-refractivity contribution in [3.8, 4) is 5.75 Å². The van der Waals surface area contributed by atoms with E-state index in [2.05, 4.69) is 20.6 Å². The van der Waals surface area contributed by atoms with Crippen molar-refractivity contribution in [3.63, 3.8) is 0 Å². The smallest absolute Gasteiger partial charge is 0.243 e. The number of aromatic nitrogens is 4. The number of aryl methyl sites for hydroxylation is 1. The van der Waals surface area contributed by atoms with Crippen molar-refractivity contribution in [1.82, 2.24) is 25.0 Å². The first-order valence-electron chi connectivity index (χ1n) is 12.5. The summed E-state index contributed by atoms with van der Waals surface area (Å²) >= 11 is 0. The highest BCUT2D eigenvalue weighted by atomic mass is 35.5. The van der Waals surface area contributed by atoms with E-state index in [-0.39, 0.29) is 18.3 Å². The second-order valence-electron chi connectivity index (χ2n) is 9.10. The molecule has 0 aliphatic heterocycles. The molecule has 0 atom stereocenters. The fourth-order valence-corrected chi connectivity index (χ4v) is 4.35. The van der Waals surface area contributed by atoms with Crippen molar-refractivity contribution < 1.29 is 14.7 Å². The van der Waals surface area contributed by atoms with Gasteiger partial charge >= 0.3 is 0 Å². The molecule has 36 heavy (non-hydrogen) atoms. The highest BCUT2D eigenvalue weighted by molar-refractivity contribution is 5.85. The van der Waals surface area contributed by atoms with Crippen molar-refractivity contribution in [2.75, 3.05) is 17.2 Å². The number of hydroxylamine groups is 1. The van der Waals surface area contributed by atoms with Crippen molar-refractivity contribution in [1.29, 1.82) is 0 Å². The van der Waals surface area contributed by atoms with Crippen LogP contribution >= 0.6 is 12.4 Å². The van der Waals surface area contributed by atoms with Crippen LogP contribution in [-0.4, -0.2) is 43.3 Å². The normalized spacial score (nSPS) is 13.7. The number of hydrogen-bond acceptors (Lipinski definition) is 8. The molecule has 1 saturated carbocycles. The molecule has 4 rings (SSSR count). The lowest BCUT2D eigenvalue weighted by Crippen LogP contribution is -2.23. The number of rotatable bonds is 12. The Kier molecular flexibility index (Phi) is 10.6. The van der Waals surface area contributed by atoms with Gasteiger partial charge in [-0.25, -0.2) is 10.5 Å². The first kappa shape index (κ1) is 27.5. The van der Waals surface area contributed by atoms with Gasteiger partial charge in [0.15, 0.2) is 17.0 Å². The Morgan fingerprint density at radius 2 is 1.83 bits per heavy atom. The van der Waals surface area contributed by atoms with E-state index in [9.17, 15) is 4.79 Å². The van der Waals surface area contributed by atoms with E-state index in [1.807, 2.05) is 35.9 Å². The van der Waals surface area contributed by atoms with Crippen molar-refractivity contribution >= 4 is 46.9 Å². The number of carbonyl (C=O) groups is 1. The zero-order chi connectivity index (χ0) is 24.5. The van der Waals surface area contributed by atoms with Crippen molar-refractivity contribution in [2.45, 2.75) is 70.3 Å². The lowest BCUT2D eigenvalue weighted by molar-refractivity contribution is -0.129. The van der Waals surface area contributed by atoms with Gasteiger partial charge in [-0.1, -0.05) is 32.1 Å². The number of fused-ring (bicyclic) bond motifs is 1. The summed E-state index contributed by atoms with van der Waals surface area (Å²) in [5, 5.41) is 15.4. The molecule has 4 N–H and O–H groups in total. The number of anilines is 3. The van der Waals surface area contributed by atoms with Gasteiger partial charge in [-0.2, -0.15) is 9.97 Å². The molecule has 10 nitrogen and oxygen atoms in total. The quantitative estimate of drug-likeness (QED) is 0.148. The lowest BCUT2D eigenvalue weighted by Gasteiger charge is -2.23. The summed E-state index contributed by atoms with van der Waals surface area (Å²) < 4.78 is 7.74. The maximum atomic E-state index is 11.0. The van der Waals surface area contributed by atoms with Gasteiger partial charge < -0.3 is 19.9 Å². The SMILES string of the molecule is Cl.Cn1cnc2c(NC3CCCCC3)nc(Nc3ccc(OCCCCCCC(=O)NO)cc3)nc21. The van der Waals surface area contributed by atoms with Gasteiger partial charge in [0.25, 0.3) is 0 Å². The van der Waals surface area contributed by atoms with Crippen LogP contribution in [0.15, 0.2) is 30.6 Å². The number of nitrogens with one attached hydrogen (secondary N) is 3. The first-order chi connectivity index (χ1) is 17.1. The van der Waals surface area contributed by atoms with Gasteiger partial charge in [0.1, 0.15) is 5.75 Å². The summed E-state index contributed by atoms with van der Waals surface area (Å²) in [6.45, 7) is 0.620. The lowest BCUT2D eigenvalue weighted by atomic mass is 9.95. The van der Waals surface area contributed by atoms with E-state index in [0.717, 1.165) is 66.9 Å². The Labute approximate surface area is 217 Å². The predicted molar refractivity (Wildman–Crippen MR) is 142 cm³/mol. The molecule has 11 heteroatoms. The van der Waals surface area contributed by atoms with Crippen LogP contribution in [0.4, 0.5) is 17.5 Å². The molecule has 0 bridgehead atoms. The summed E-state index contributed by atoms with van der Waals surface area (Å²) in [5.74, 6) is 1.78. The number of unbranched alkanes of at least 4 members (excludes halogenated alkanes) is 3. The second-order valence-corrected chi connectivity index (χ2v) is 9.10. The van der Waals surface area contributed by atoms with Crippen molar-refractivity contribution in [2.24, 2.45) is 7.05 Å². The first-order valence-corrected chi connectivity index (χ1v) is 12.5. The second kappa shape index (κ2) is 13.8. The minimum absolute atomic E-state index is 0. The number of carbonyl (C=O) groups excluding carboxylic acids is 1. The highest BCUT2D eigenvalue weighted by Crippen LogP contribution is 2.27. The zero-order valence-corrected chi connectivity index (χ0v) is 21.5. The number of imidazole rings is 1.